The van der Waals surface area contributed by atoms with Crippen LogP contribution in [0.15, 0.2) is 18.2 Å². The van der Waals surface area contributed by atoms with Gasteiger partial charge in [0.1, 0.15) is 0 Å². The fourth-order valence-corrected chi connectivity index (χ4v) is 2.21. The van der Waals surface area contributed by atoms with Gasteiger partial charge in [0.25, 0.3) is 0 Å². The molecule has 2 rings (SSSR count). The number of aromatic hydroxyl groups is 2. The molecule has 1 aliphatic rings. The molecule has 1 atom stereocenters. The minimum Gasteiger partial charge on any atom is -0.504 e. The number of likely N-dealkylation sites (tertiary alicyclic amines) is 1. The molecule has 0 spiro atoms. The van der Waals surface area contributed by atoms with Crippen LogP contribution in [0.3, 0.4) is 0 Å². The molecule has 0 amide bonds. The van der Waals surface area contributed by atoms with Crippen LogP contribution in [0, 0.1) is 0 Å². The van der Waals surface area contributed by atoms with Crippen molar-refractivity contribution >= 4 is 0 Å². The molecule has 0 unspecified atom stereocenters. The van der Waals surface area contributed by atoms with Gasteiger partial charge in [0.2, 0.25) is 0 Å². The van der Waals surface area contributed by atoms with Crippen LogP contribution in [0.25, 0.3) is 0 Å². The smallest absolute Gasteiger partial charge is 0.157 e. The van der Waals surface area contributed by atoms with E-state index in [0.29, 0.717) is 6.04 Å². The standard InChI is InChI=1S/C12H17NO2/c1-13-6-2-3-10(13)7-9-4-5-11(14)12(15)8-9/h4-5,8,10,14-15H,2-3,6-7H2,1H3/t10-/m1/s1. The summed E-state index contributed by atoms with van der Waals surface area (Å²) in [6, 6.07) is 5.66. The van der Waals surface area contributed by atoms with E-state index < -0.39 is 0 Å². The molecule has 1 fully saturated rings. The first-order valence-corrected chi connectivity index (χ1v) is 5.38. The van der Waals surface area contributed by atoms with Crippen molar-refractivity contribution in [3.63, 3.8) is 0 Å². The third-order valence-corrected chi connectivity index (χ3v) is 3.18. The first kappa shape index (κ1) is 10.3. The van der Waals surface area contributed by atoms with E-state index in [2.05, 4.69) is 11.9 Å². The number of likely N-dealkylation sites (N-methyl/N-ethyl adjacent to an activating group) is 1. The van der Waals surface area contributed by atoms with E-state index in [1.54, 1.807) is 12.1 Å². The van der Waals surface area contributed by atoms with E-state index in [4.69, 9.17) is 0 Å². The van der Waals surface area contributed by atoms with E-state index in [9.17, 15) is 10.2 Å². The molecule has 1 heterocycles. The summed E-state index contributed by atoms with van der Waals surface area (Å²) in [6.45, 7) is 1.16. The Morgan fingerprint density at radius 1 is 1.33 bits per heavy atom. The van der Waals surface area contributed by atoms with E-state index in [0.717, 1.165) is 18.5 Å². The highest BCUT2D eigenvalue weighted by atomic mass is 16.3. The first-order valence-electron chi connectivity index (χ1n) is 5.38. The second-order valence-corrected chi connectivity index (χ2v) is 4.30. The summed E-state index contributed by atoms with van der Waals surface area (Å²) in [7, 11) is 2.14. The molecule has 3 heteroatoms. The van der Waals surface area contributed by atoms with Gasteiger partial charge in [0.15, 0.2) is 11.5 Å². The molecule has 1 aliphatic heterocycles. The van der Waals surface area contributed by atoms with Crippen molar-refractivity contribution in [2.24, 2.45) is 0 Å². The van der Waals surface area contributed by atoms with Crippen LogP contribution >= 0.6 is 0 Å². The van der Waals surface area contributed by atoms with Gasteiger partial charge in [-0.2, -0.15) is 0 Å². The van der Waals surface area contributed by atoms with Gasteiger partial charge in [0.05, 0.1) is 0 Å². The summed E-state index contributed by atoms with van der Waals surface area (Å²) in [6.07, 6.45) is 3.42. The molecule has 0 radical (unpaired) electrons. The van der Waals surface area contributed by atoms with Gasteiger partial charge >= 0.3 is 0 Å². The molecule has 0 aliphatic carbocycles. The lowest BCUT2D eigenvalue weighted by Crippen LogP contribution is -2.26. The largest absolute Gasteiger partial charge is 0.504 e. The lowest BCUT2D eigenvalue weighted by atomic mass is 10.0. The molecule has 1 saturated heterocycles. The van der Waals surface area contributed by atoms with Crippen molar-refractivity contribution in [1.82, 2.24) is 4.90 Å². The zero-order valence-electron chi connectivity index (χ0n) is 8.98. The molecule has 0 saturated carbocycles. The monoisotopic (exact) mass is 207 g/mol. The number of rotatable bonds is 2. The molecule has 0 aromatic heterocycles. The summed E-state index contributed by atoms with van der Waals surface area (Å²) >= 11 is 0. The zero-order chi connectivity index (χ0) is 10.8. The van der Waals surface area contributed by atoms with Crippen molar-refractivity contribution in [2.75, 3.05) is 13.6 Å². The Balaban J connectivity index is 2.07. The van der Waals surface area contributed by atoms with E-state index in [-0.39, 0.29) is 11.5 Å². The van der Waals surface area contributed by atoms with Crippen LogP contribution in [0.5, 0.6) is 11.5 Å². The molecular formula is C12H17NO2. The number of phenols is 2. The Morgan fingerprint density at radius 3 is 2.73 bits per heavy atom. The van der Waals surface area contributed by atoms with E-state index in [1.807, 2.05) is 6.07 Å². The molecule has 1 aromatic rings. The molecular weight excluding hydrogens is 190 g/mol. The van der Waals surface area contributed by atoms with Gasteiger partial charge < -0.3 is 15.1 Å². The summed E-state index contributed by atoms with van der Waals surface area (Å²) in [5, 5.41) is 18.6. The van der Waals surface area contributed by atoms with Crippen LogP contribution in [-0.2, 0) is 6.42 Å². The maximum atomic E-state index is 9.38. The predicted molar refractivity (Wildman–Crippen MR) is 59.1 cm³/mol. The first-order chi connectivity index (χ1) is 7.16. The minimum atomic E-state index is -0.0430. The van der Waals surface area contributed by atoms with Crippen LogP contribution in [0.4, 0.5) is 0 Å². The highest BCUT2D eigenvalue weighted by molar-refractivity contribution is 5.40. The second kappa shape index (κ2) is 4.11. The predicted octanol–water partition coefficient (Wildman–Crippen LogP) is 1.73. The van der Waals surface area contributed by atoms with Crippen LogP contribution < -0.4 is 0 Å². The third-order valence-electron chi connectivity index (χ3n) is 3.18. The van der Waals surface area contributed by atoms with Crippen molar-refractivity contribution in [3.05, 3.63) is 23.8 Å². The van der Waals surface area contributed by atoms with Gasteiger partial charge in [-0.3, -0.25) is 0 Å². The highest BCUT2D eigenvalue weighted by Crippen LogP contribution is 2.27. The SMILES string of the molecule is CN1CCC[C@@H]1Cc1ccc(O)c(O)c1. The number of phenolic OH excluding ortho intramolecular Hbond substituents is 2. The summed E-state index contributed by atoms with van der Waals surface area (Å²) in [5.41, 5.74) is 1.09. The van der Waals surface area contributed by atoms with Crippen molar-refractivity contribution < 1.29 is 10.2 Å². The van der Waals surface area contributed by atoms with E-state index >= 15 is 0 Å². The minimum absolute atomic E-state index is 0.0202. The fourth-order valence-electron chi connectivity index (χ4n) is 2.21. The zero-order valence-corrected chi connectivity index (χ0v) is 8.98. The molecule has 15 heavy (non-hydrogen) atoms. The average Bonchev–Trinajstić information content (AvgIpc) is 2.59. The Labute approximate surface area is 90.0 Å². The highest BCUT2D eigenvalue weighted by Gasteiger charge is 2.21. The second-order valence-electron chi connectivity index (χ2n) is 4.30. The van der Waals surface area contributed by atoms with Gasteiger partial charge in [-0.05, 0) is 50.6 Å². The van der Waals surface area contributed by atoms with Gasteiger partial charge in [-0.1, -0.05) is 6.07 Å². The topological polar surface area (TPSA) is 43.7 Å². The maximum absolute atomic E-state index is 9.38. The lowest BCUT2D eigenvalue weighted by molar-refractivity contribution is 0.309. The Hall–Kier alpha value is -1.22. The number of hydrogen-bond donors (Lipinski definition) is 2. The van der Waals surface area contributed by atoms with Gasteiger partial charge in [0, 0.05) is 6.04 Å². The maximum Gasteiger partial charge on any atom is 0.157 e. The summed E-state index contributed by atoms with van der Waals surface area (Å²) < 4.78 is 0. The number of benzene rings is 1. The lowest BCUT2D eigenvalue weighted by Gasteiger charge is -2.19. The normalized spacial score (nSPS) is 22.1. The number of hydrogen-bond acceptors (Lipinski definition) is 3. The van der Waals surface area contributed by atoms with Gasteiger partial charge in [-0.25, -0.2) is 0 Å². The molecule has 2 N–H and O–H groups in total. The average molecular weight is 207 g/mol. The quantitative estimate of drug-likeness (QED) is 0.726. The van der Waals surface area contributed by atoms with Crippen LogP contribution in [0.2, 0.25) is 0 Å². The Kier molecular flexibility index (Phi) is 2.82. The molecule has 82 valence electrons. The Bertz CT molecular complexity index is 351. The Morgan fingerprint density at radius 2 is 2.13 bits per heavy atom. The van der Waals surface area contributed by atoms with Gasteiger partial charge in [-0.15, -0.1) is 0 Å². The summed E-state index contributed by atoms with van der Waals surface area (Å²) in [5.74, 6) is -0.0633. The molecule has 3 nitrogen and oxygen atoms in total. The van der Waals surface area contributed by atoms with E-state index in [1.165, 1.54) is 12.8 Å². The molecule has 0 bridgehead atoms. The van der Waals surface area contributed by atoms with Crippen molar-refractivity contribution in [1.29, 1.82) is 0 Å². The van der Waals surface area contributed by atoms with Crippen LogP contribution in [0.1, 0.15) is 18.4 Å². The third kappa shape index (κ3) is 2.23. The van der Waals surface area contributed by atoms with Crippen LogP contribution in [-0.4, -0.2) is 34.7 Å². The molecule has 1 aromatic carbocycles. The van der Waals surface area contributed by atoms with Crippen molar-refractivity contribution in [2.45, 2.75) is 25.3 Å². The summed E-state index contributed by atoms with van der Waals surface area (Å²) in [4.78, 5) is 2.35. The number of nitrogens with zero attached hydrogens (tertiary/aromatic N) is 1. The van der Waals surface area contributed by atoms with Crippen molar-refractivity contribution in [3.8, 4) is 11.5 Å². The fraction of sp³-hybridized carbons (Fsp3) is 0.500.